The zero-order valence-corrected chi connectivity index (χ0v) is 10.7. The topological polar surface area (TPSA) is 71.3 Å². The SMILES string of the molecule is O=[N+]([O-])c1cc(Cl)nc(NCCN2CCCC2)c1. The number of pyridine rings is 1. The van der Waals surface area contributed by atoms with Crippen LogP contribution < -0.4 is 5.32 Å². The van der Waals surface area contributed by atoms with Crippen molar-refractivity contribution in [3.63, 3.8) is 0 Å². The van der Waals surface area contributed by atoms with E-state index < -0.39 is 4.92 Å². The largest absolute Gasteiger partial charge is 0.369 e. The van der Waals surface area contributed by atoms with Crippen LogP contribution in [0, 0.1) is 10.1 Å². The first kappa shape index (κ1) is 13.0. The molecule has 1 aliphatic rings. The van der Waals surface area contributed by atoms with Crippen LogP contribution >= 0.6 is 11.6 Å². The fourth-order valence-corrected chi connectivity index (χ4v) is 2.23. The number of rotatable bonds is 5. The van der Waals surface area contributed by atoms with E-state index in [-0.39, 0.29) is 10.8 Å². The van der Waals surface area contributed by atoms with E-state index in [1.807, 2.05) is 0 Å². The van der Waals surface area contributed by atoms with Gasteiger partial charge in [-0.25, -0.2) is 4.98 Å². The van der Waals surface area contributed by atoms with Gasteiger partial charge in [-0.3, -0.25) is 10.1 Å². The fraction of sp³-hybridized carbons (Fsp3) is 0.545. The molecule has 0 bridgehead atoms. The molecule has 18 heavy (non-hydrogen) atoms. The Balaban J connectivity index is 1.89. The Bertz CT molecular complexity index is 435. The highest BCUT2D eigenvalue weighted by Gasteiger charge is 2.12. The molecule has 0 saturated carbocycles. The smallest absolute Gasteiger partial charge is 0.276 e. The molecule has 2 heterocycles. The summed E-state index contributed by atoms with van der Waals surface area (Å²) in [7, 11) is 0. The number of aromatic nitrogens is 1. The molecular formula is C11H15ClN4O2. The molecule has 1 aromatic rings. The van der Waals surface area contributed by atoms with Crippen LogP contribution in [0.2, 0.25) is 5.15 Å². The lowest BCUT2D eigenvalue weighted by molar-refractivity contribution is -0.384. The van der Waals surface area contributed by atoms with Gasteiger partial charge >= 0.3 is 0 Å². The third-order valence-electron chi connectivity index (χ3n) is 2.92. The first-order valence-corrected chi connectivity index (χ1v) is 6.31. The summed E-state index contributed by atoms with van der Waals surface area (Å²) in [5.74, 6) is 0.452. The quantitative estimate of drug-likeness (QED) is 0.504. The van der Waals surface area contributed by atoms with E-state index in [2.05, 4.69) is 15.2 Å². The zero-order chi connectivity index (χ0) is 13.0. The van der Waals surface area contributed by atoms with Crippen molar-refractivity contribution in [2.75, 3.05) is 31.5 Å². The van der Waals surface area contributed by atoms with E-state index >= 15 is 0 Å². The average Bonchev–Trinajstić information content (AvgIpc) is 2.81. The standard InChI is InChI=1S/C11H15ClN4O2/c12-10-7-9(16(17)18)8-11(14-10)13-3-6-15-4-1-2-5-15/h7-8H,1-6H2,(H,13,14). The minimum atomic E-state index is -0.473. The van der Waals surface area contributed by atoms with Crippen LogP contribution in [0.5, 0.6) is 0 Å². The molecule has 1 fully saturated rings. The Morgan fingerprint density at radius 1 is 1.44 bits per heavy atom. The molecular weight excluding hydrogens is 256 g/mol. The Kier molecular flexibility index (Phi) is 4.33. The van der Waals surface area contributed by atoms with Gasteiger partial charge in [0.05, 0.1) is 17.1 Å². The van der Waals surface area contributed by atoms with Crippen molar-refractivity contribution in [2.24, 2.45) is 0 Å². The monoisotopic (exact) mass is 270 g/mol. The molecule has 1 N–H and O–H groups in total. The lowest BCUT2D eigenvalue weighted by Crippen LogP contribution is -2.26. The van der Waals surface area contributed by atoms with Crippen molar-refractivity contribution in [3.8, 4) is 0 Å². The average molecular weight is 271 g/mol. The third-order valence-corrected chi connectivity index (χ3v) is 3.12. The molecule has 0 radical (unpaired) electrons. The zero-order valence-electron chi connectivity index (χ0n) is 9.93. The minimum Gasteiger partial charge on any atom is -0.369 e. The Morgan fingerprint density at radius 3 is 2.83 bits per heavy atom. The van der Waals surface area contributed by atoms with Gasteiger partial charge in [-0.1, -0.05) is 11.6 Å². The molecule has 0 spiro atoms. The highest BCUT2D eigenvalue weighted by Crippen LogP contribution is 2.20. The van der Waals surface area contributed by atoms with Crippen LogP contribution in [0.4, 0.5) is 11.5 Å². The summed E-state index contributed by atoms with van der Waals surface area (Å²) in [6, 6.07) is 2.64. The first-order chi connectivity index (χ1) is 8.65. The number of nitrogens with one attached hydrogen (secondary N) is 1. The Morgan fingerprint density at radius 2 is 2.17 bits per heavy atom. The Labute approximate surface area is 110 Å². The highest BCUT2D eigenvalue weighted by atomic mass is 35.5. The summed E-state index contributed by atoms with van der Waals surface area (Å²) in [5.41, 5.74) is -0.0429. The number of nitro groups is 1. The summed E-state index contributed by atoms with van der Waals surface area (Å²) in [6.45, 7) is 3.89. The second-order valence-corrected chi connectivity index (χ2v) is 4.65. The predicted molar refractivity (Wildman–Crippen MR) is 70.1 cm³/mol. The van der Waals surface area contributed by atoms with Crippen molar-refractivity contribution >= 4 is 23.1 Å². The molecule has 0 atom stereocenters. The molecule has 0 aromatic carbocycles. The minimum absolute atomic E-state index is 0.0429. The number of likely N-dealkylation sites (tertiary alicyclic amines) is 1. The number of hydrogen-bond donors (Lipinski definition) is 1. The molecule has 7 heteroatoms. The van der Waals surface area contributed by atoms with Crippen LogP contribution in [0.1, 0.15) is 12.8 Å². The van der Waals surface area contributed by atoms with Crippen molar-refractivity contribution in [3.05, 3.63) is 27.4 Å². The number of hydrogen-bond acceptors (Lipinski definition) is 5. The molecule has 2 rings (SSSR count). The van der Waals surface area contributed by atoms with E-state index in [0.717, 1.165) is 19.6 Å². The van der Waals surface area contributed by atoms with Gasteiger partial charge < -0.3 is 10.2 Å². The highest BCUT2D eigenvalue weighted by molar-refractivity contribution is 6.29. The van der Waals surface area contributed by atoms with Gasteiger partial charge in [0.1, 0.15) is 11.0 Å². The molecule has 1 aliphatic heterocycles. The lowest BCUT2D eigenvalue weighted by atomic mass is 10.4. The molecule has 6 nitrogen and oxygen atoms in total. The van der Waals surface area contributed by atoms with Crippen molar-refractivity contribution in [1.29, 1.82) is 0 Å². The van der Waals surface area contributed by atoms with E-state index in [0.29, 0.717) is 12.4 Å². The summed E-state index contributed by atoms with van der Waals surface area (Å²) in [6.07, 6.45) is 2.50. The van der Waals surface area contributed by atoms with Crippen LogP contribution in [-0.2, 0) is 0 Å². The van der Waals surface area contributed by atoms with Crippen molar-refractivity contribution in [1.82, 2.24) is 9.88 Å². The van der Waals surface area contributed by atoms with Gasteiger partial charge in [0.25, 0.3) is 5.69 Å². The van der Waals surface area contributed by atoms with Gasteiger partial charge in [-0.2, -0.15) is 0 Å². The van der Waals surface area contributed by atoms with Crippen molar-refractivity contribution in [2.45, 2.75) is 12.8 Å². The number of anilines is 1. The Hall–Kier alpha value is -1.40. The lowest BCUT2D eigenvalue weighted by Gasteiger charge is -2.14. The maximum atomic E-state index is 10.7. The number of nitrogens with zero attached hydrogens (tertiary/aromatic N) is 3. The third kappa shape index (κ3) is 3.54. The van der Waals surface area contributed by atoms with Crippen molar-refractivity contribution < 1.29 is 4.92 Å². The van der Waals surface area contributed by atoms with Crippen LogP contribution in [0.15, 0.2) is 12.1 Å². The molecule has 98 valence electrons. The van der Waals surface area contributed by atoms with Crippen LogP contribution in [0.3, 0.4) is 0 Å². The molecule has 0 amide bonds. The van der Waals surface area contributed by atoms with Gasteiger partial charge in [-0.05, 0) is 25.9 Å². The first-order valence-electron chi connectivity index (χ1n) is 5.93. The van der Waals surface area contributed by atoms with Crippen LogP contribution in [0.25, 0.3) is 0 Å². The van der Waals surface area contributed by atoms with Crippen LogP contribution in [-0.4, -0.2) is 41.0 Å². The summed E-state index contributed by atoms with van der Waals surface area (Å²) in [4.78, 5) is 16.6. The molecule has 1 saturated heterocycles. The second kappa shape index (κ2) is 5.97. The number of halogens is 1. The maximum absolute atomic E-state index is 10.7. The summed E-state index contributed by atoms with van der Waals surface area (Å²) < 4.78 is 0. The summed E-state index contributed by atoms with van der Waals surface area (Å²) in [5, 5.41) is 13.9. The van der Waals surface area contributed by atoms with Gasteiger partial charge in [0.2, 0.25) is 0 Å². The fourth-order valence-electron chi connectivity index (χ4n) is 2.03. The van der Waals surface area contributed by atoms with E-state index in [1.54, 1.807) is 0 Å². The van der Waals surface area contributed by atoms with Gasteiger partial charge in [-0.15, -0.1) is 0 Å². The molecule has 1 aromatic heterocycles. The molecule has 0 unspecified atom stereocenters. The predicted octanol–water partition coefficient (Wildman–Crippen LogP) is 2.15. The second-order valence-electron chi connectivity index (χ2n) is 4.27. The van der Waals surface area contributed by atoms with E-state index in [4.69, 9.17) is 11.6 Å². The van der Waals surface area contributed by atoms with E-state index in [9.17, 15) is 10.1 Å². The maximum Gasteiger partial charge on any atom is 0.276 e. The summed E-state index contributed by atoms with van der Waals surface area (Å²) >= 11 is 5.73. The normalized spacial score (nSPS) is 15.8. The van der Waals surface area contributed by atoms with E-state index in [1.165, 1.54) is 25.0 Å². The van der Waals surface area contributed by atoms with Gasteiger partial charge in [0.15, 0.2) is 0 Å². The molecule has 0 aliphatic carbocycles. The van der Waals surface area contributed by atoms with Gasteiger partial charge in [0, 0.05) is 13.1 Å².